The zero-order valence-electron chi connectivity index (χ0n) is 19.7. The molecule has 1 saturated carbocycles. The Morgan fingerprint density at radius 3 is 2.27 bits per heavy atom. The standard InChI is InChI=1S/C27H36FN3O2/c1-19-8-10-22(11-9-19)20(2)26(32)31-25(18-21-6-4-3-5-7-21)27(33)30-17-16-29-24-14-12-23(28)13-15-24/h8-15,20-21,25,29H,3-7,16-18H2,1-2H3,(H,30,33)(H,31,32). The molecule has 2 atom stereocenters. The fraction of sp³-hybridized carbons (Fsp3) is 0.481. The van der Waals surface area contributed by atoms with E-state index in [1.54, 1.807) is 12.1 Å². The van der Waals surface area contributed by atoms with Gasteiger partial charge in [-0.25, -0.2) is 4.39 Å². The highest BCUT2D eigenvalue weighted by molar-refractivity contribution is 5.90. The van der Waals surface area contributed by atoms with Gasteiger partial charge in [-0.1, -0.05) is 61.9 Å². The summed E-state index contributed by atoms with van der Waals surface area (Å²) in [5.74, 6) is -0.422. The van der Waals surface area contributed by atoms with Gasteiger partial charge in [-0.15, -0.1) is 0 Å². The summed E-state index contributed by atoms with van der Waals surface area (Å²) in [6.07, 6.45) is 6.52. The predicted octanol–water partition coefficient (Wildman–Crippen LogP) is 4.92. The molecule has 3 rings (SSSR count). The maximum Gasteiger partial charge on any atom is 0.242 e. The lowest BCUT2D eigenvalue weighted by Gasteiger charge is -2.27. The van der Waals surface area contributed by atoms with E-state index in [1.807, 2.05) is 38.1 Å². The average Bonchev–Trinajstić information content (AvgIpc) is 2.83. The average molecular weight is 454 g/mol. The van der Waals surface area contributed by atoms with E-state index in [9.17, 15) is 14.0 Å². The first-order valence-corrected chi connectivity index (χ1v) is 12.1. The molecule has 2 unspecified atom stereocenters. The third kappa shape index (κ3) is 7.88. The number of aryl methyl sites for hydroxylation is 1. The summed E-state index contributed by atoms with van der Waals surface area (Å²) in [5.41, 5.74) is 2.89. The van der Waals surface area contributed by atoms with Crippen molar-refractivity contribution in [2.45, 2.75) is 64.3 Å². The molecule has 0 heterocycles. The van der Waals surface area contributed by atoms with Crippen LogP contribution in [0.5, 0.6) is 0 Å². The van der Waals surface area contributed by atoms with Crippen LogP contribution in [-0.4, -0.2) is 30.9 Å². The van der Waals surface area contributed by atoms with Gasteiger partial charge in [0.1, 0.15) is 11.9 Å². The van der Waals surface area contributed by atoms with Gasteiger partial charge in [-0.05, 0) is 56.0 Å². The maximum absolute atomic E-state index is 13.0. The molecular weight excluding hydrogens is 417 g/mol. The molecule has 33 heavy (non-hydrogen) atoms. The number of benzene rings is 2. The second-order valence-electron chi connectivity index (χ2n) is 9.16. The van der Waals surface area contributed by atoms with E-state index in [4.69, 9.17) is 0 Å². The number of nitrogens with one attached hydrogen (secondary N) is 3. The van der Waals surface area contributed by atoms with Gasteiger partial charge in [0.2, 0.25) is 11.8 Å². The lowest BCUT2D eigenvalue weighted by molar-refractivity contribution is -0.130. The molecule has 0 spiro atoms. The number of carbonyl (C=O) groups is 2. The molecule has 0 radical (unpaired) electrons. The molecule has 2 aromatic rings. The van der Waals surface area contributed by atoms with Crippen molar-refractivity contribution in [2.24, 2.45) is 5.92 Å². The van der Waals surface area contributed by atoms with Crippen molar-refractivity contribution in [3.8, 4) is 0 Å². The highest BCUT2D eigenvalue weighted by Crippen LogP contribution is 2.27. The highest BCUT2D eigenvalue weighted by Gasteiger charge is 2.27. The van der Waals surface area contributed by atoms with Crippen LogP contribution in [0.25, 0.3) is 0 Å². The quantitative estimate of drug-likeness (QED) is 0.447. The number of hydrogen-bond donors (Lipinski definition) is 3. The van der Waals surface area contributed by atoms with E-state index in [0.29, 0.717) is 25.4 Å². The minimum Gasteiger partial charge on any atom is -0.383 e. The van der Waals surface area contributed by atoms with Crippen LogP contribution in [0.1, 0.15) is 62.5 Å². The van der Waals surface area contributed by atoms with Crippen molar-refractivity contribution in [3.05, 3.63) is 65.5 Å². The first kappa shape index (κ1) is 24.7. The van der Waals surface area contributed by atoms with Gasteiger partial charge in [0, 0.05) is 18.8 Å². The molecule has 0 saturated heterocycles. The molecule has 178 valence electrons. The van der Waals surface area contributed by atoms with Gasteiger partial charge in [-0.2, -0.15) is 0 Å². The minimum absolute atomic E-state index is 0.126. The molecule has 6 heteroatoms. The maximum atomic E-state index is 13.0. The number of amides is 2. The fourth-order valence-corrected chi connectivity index (χ4v) is 4.37. The number of rotatable bonds is 10. The SMILES string of the molecule is Cc1ccc(C(C)C(=O)NC(CC2CCCCC2)C(=O)NCCNc2ccc(F)cc2)cc1. The summed E-state index contributed by atoms with van der Waals surface area (Å²) < 4.78 is 13.0. The summed E-state index contributed by atoms with van der Waals surface area (Å²) in [6, 6.07) is 13.5. The summed E-state index contributed by atoms with van der Waals surface area (Å²) in [5, 5.41) is 9.15. The van der Waals surface area contributed by atoms with Crippen molar-refractivity contribution >= 4 is 17.5 Å². The lowest BCUT2D eigenvalue weighted by atomic mass is 9.84. The van der Waals surface area contributed by atoms with Crippen molar-refractivity contribution in [1.82, 2.24) is 10.6 Å². The van der Waals surface area contributed by atoms with E-state index in [-0.39, 0.29) is 23.5 Å². The Morgan fingerprint density at radius 2 is 1.61 bits per heavy atom. The first-order chi connectivity index (χ1) is 15.9. The zero-order chi connectivity index (χ0) is 23.6. The summed E-state index contributed by atoms with van der Waals surface area (Å²) in [4.78, 5) is 26.0. The summed E-state index contributed by atoms with van der Waals surface area (Å²) in [6.45, 7) is 4.83. The van der Waals surface area contributed by atoms with Gasteiger partial charge in [0.05, 0.1) is 5.92 Å². The molecular formula is C27H36FN3O2. The molecule has 1 aliphatic carbocycles. The van der Waals surface area contributed by atoms with Crippen LogP contribution in [0.3, 0.4) is 0 Å². The van der Waals surface area contributed by atoms with Crippen LogP contribution in [0, 0.1) is 18.7 Å². The van der Waals surface area contributed by atoms with Crippen molar-refractivity contribution in [1.29, 1.82) is 0 Å². The van der Waals surface area contributed by atoms with Gasteiger partial charge in [0.25, 0.3) is 0 Å². The molecule has 0 aliphatic heterocycles. The van der Waals surface area contributed by atoms with Crippen molar-refractivity contribution in [3.63, 3.8) is 0 Å². The zero-order valence-corrected chi connectivity index (χ0v) is 19.7. The monoisotopic (exact) mass is 453 g/mol. The molecule has 0 bridgehead atoms. The lowest BCUT2D eigenvalue weighted by Crippen LogP contribution is -2.49. The summed E-state index contributed by atoms with van der Waals surface area (Å²) >= 11 is 0. The second-order valence-corrected chi connectivity index (χ2v) is 9.16. The molecule has 2 aromatic carbocycles. The van der Waals surface area contributed by atoms with Crippen LogP contribution < -0.4 is 16.0 Å². The predicted molar refractivity (Wildman–Crippen MR) is 131 cm³/mol. The van der Waals surface area contributed by atoms with Gasteiger partial charge < -0.3 is 16.0 Å². The Kier molecular flexibility index (Phi) is 9.28. The van der Waals surface area contributed by atoms with Crippen LogP contribution in [0.15, 0.2) is 48.5 Å². The minimum atomic E-state index is -0.542. The van der Waals surface area contributed by atoms with E-state index >= 15 is 0 Å². The van der Waals surface area contributed by atoms with Crippen LogP contribution in [0.2, 0.25) is 0 Å². The number of hydrogen-bond acceptors (Lipinski definition) is 3. The van der Waals surface area contributed by atoms with Gasteiger partial charge >= 0.3 is 0 Å². The molecule has 1 aliphatic rings. The fourth-order valence-electron chi connectivity index (χ4n) is 4.37. The van der Waals surface area contributed by atoms with Crippen LogP contribution >= 0.6 is 0 Å². The molecule has 3 N–H and O–H groups in total. The Balaban J connectivity index is 1.56. The number of anilines is 1. The topological polar surface area (TPSA) is 70.2 Å². The van der Waals surface area contributed by atoms with Crippen LogP contribution in [0.4, 0.5) is 10.1 Å². The summed E-state index contributed by atoms with van der Waals surface area (Å²) in [7, 11) is 0. The molecule has 0 aromatic heterocycles. The van der Waals surface area contributed by atoms with Crippen LogP contribution in [-0.2, 0) is 9.59 Å². The molecule has 1 fully saturated rings. The normalized spacial score (nSPS) is 16.0. The third-order valence-electron chi connectivity index (χ3n) is 6.49. The third-order valence-corrected chi connectivity index (χ3v) is 6.49. The smallest absolute Gasteiger partial charge is 0.242 e. The largest absolute Gasteiger partial charge is 0.383 e. The molecule has 2 amide bonds. The Morgan fingerprint density at radius 1 is 0.939 bits per heavy atom. The van der Waals surface area contributed by atoms with E-state index in [1.165, 1.54) is 31.4 Å². The Bertz CT molecular complexity index is 893. The van der Waals surface area contributed by atoms with E-state index in [0.717, 1.165) is 29.7 Å². The Hall–Kier alpha value is -2.89. The molecule has 5 nitrogen and oxygen atoms in total. The number of carbonyl (C=O) groups excluding carboxylic acids is 2. The number of halogens is 1. The van der Waals surface area contributed by atoms with Crippen molar-refractivity contribution in [2.75, 3.05) is 18.4 Å². The van der Waals surface area contributed by atoms with E-state index in [2.05, 4.69) is 16.0 Å². The second kappa shape index (κ2) is 12.4. The van der Waals surface area contributed by atoms with Gasteiger partial charge in [-0.3, -0.25) is 9.59 Å². The Labute approximate surface area is 196 Å². The first-order valence-electron chi connectivity index (χ1n) is 12.1. The highest BCUT2D eigenvalue weighted by atomic mass is 19.1. The van der Waals surface area contributed by atoms with Crippen molar-refractivity contribution < 1.29 is 14.0 Å². The van der Waals surface area contributed by atoms with E-state index < -0.39 is 6.04 Å². The van der Waals surface area contributed by atoms with Gasteiger partial charge in [0.15, 0.2) is 0 Å².